The number of ketones is 1. The molecular weight excluding hydrogens is 204 g/mol. The Labute approximate surface area is 87.3 Å². The second kappa shape index (κ2) is 4.44. The predicted molar refractivity (Wildman–Crippen MR) is 54.0 cm³/mol. The van der Waals surface area contributed by atoms with Crippen LogP contribution in [0.4, 0.5) is 0 Å². The number of carbonyl (C=O) groups excluding carboxylic acids is 1. The average molecular weight is 215 g/mol. The molecule has 0 bridgehead atoms. The van der Waals surface area contributed by atoms with Crippen LogP contribution in [0, 0.1) is 0 Å². The normalized spacial score (nSPS) is 12.3. The van der Waals surface area contributed by atoms with Crippen molar-refractivity contribution in [1.82, 2.24) is 0 Å². The van der Waals surface area contributed by atoms with E-state index in [0.717, 1.165) is 0 Å². The summed E-state index contributed by atoms with van der Waals surface area (Å²) < 4.78 is 4.95. The van der Waals surface area contributed by atoms with Crippen molar-refractivity contribution in [3.63, 3.8) is 0 Å². The van der Waals surface area contributed by atoms with Gasteiger partial charge in [-0.05, 0) is 25.1 Å². The first-order valence-electron chi connectivity index (χ1n) is 4.12. The number of hydrogen-bond acceptors (Lipinski definition) is 3. The number of hydrogen-bond donors (Lipinski definition) is 1. The van der Waals surface area contributed by atoms with Gasteiger partial charge in [0.1, 0.15) is 11.9 Å². The van der Waals surface area contributed by atoms with Crippen LogP contribution in [0.5, 0.6) is 5.75 Å². The van der Waals surface area contributed by atoms with Gasteiger partial charge in [0.25, 0.3) is 0 Å². The third-order valence-electron chi connectivity index (χ3n) is 1.82. The number of aliphatic hydroxyl groups is 1. The van der Waals surface area contributed by atoms with Crippen LogP contribution < -0.4 is 4.74 Å². The molecule has 0 spiro atoms. The standard InChI is InChI=1S/C10H11ClO3/c1-6(12)10(13)7-3-4-8(11)9(5-7)14-2/h3-6,12H,1-2H3. The molecule has 1 aromatic carbocycles. The third-order valence-corrected chi connectivity index (χ3v) is 2.13. The van der Waals surface area contributed by atoms with Crippen LogP contribution in [0.25, 0.3) is 0 Å². The number of aliphatic hydroxyl groups excluding tert-OH is 1. The molecule has 0 aliphatic rings. The number of methoxy groups -OCH3 is 1. The second-order valence-electron chi connectivity index (χ2n) is 2.89. The van der Waals surface area contributed by atoms with Gasteiger partial charge in [0.15, 0.2) is 5.78 Å². The number of Topliss-reactive ketones (excluding diaryl/α,β-unsaturated/α-hetero) is 1. The Morgan fingerprint density at radius 3 is 2.71 bits per heavy atom. The summed E-state index contributed by atoms with van der Waals surface area (Å²) >= 11 is 5.78. The van der Waals surface area contributed by atoms with Crippen LogP contribution in [0.2, 0.25) is 5.02 Å². The zero-order valence-electron chi connectivity index (χ0n) is 7.95. The highest BCUT2D eigenvalue weighted by atomic mass is 35.5. The van der Waals surface area contributed by atoms with E-state index in [9.17, 15) is 4.79 Å². The lowest BCUT2D eigenvalue weighted by molar-refractivity contribution is 0.0779. The van der Waals surface area contributed by atoms with E-state index in [0.29, 0.717) is 16.3 Å². The lowest BCUT2D eigenvalue weighted by Crippen LogP contribution is -2.15. The summed E-state index contributed by atoms with van der Waals surface area (Å²) in [6.45, 7) is 1.42. The molecular formula is C10H11ClO3. The Balaban J connectivity index is 3.06. The van der Waals surface area contributed by atoms with Crippen LogP contribution in [0.3, 0.4) is 0 Å². The second-order valence-corrected chi connectivity index (χ2v) is 3.30. The summed E-state index contributed by atoms with van der Waals surface area (Å²) in [6, 6.07) is 4.63. The fourth-order valence-electron chi connectivity index (χ4n) is 1.05. The molecule has 1 rings (SSSR count). The molecule has 3 nitrogen and oxygen atoms in total. The fourth-order valence-corrected chi connectivity index (χ4v) is 1.25. The van der Waals surface area contributed by atoms with Crippen molar-refractivity contribution in [2.24, 2.45) is 0 Å². The highest BCUT2D eigenvalue weighted by Crippen LogP contribution is 2.25. The fraction of sp³-hybridized carbons (Fsp3) is 0.300. The van der Waals surface area contributed by atoms with Crippen molar-refractivity contribution < 1.29 is 14.6 Å². The van der Waals surface area contributed by atoms with E-state index in [2.05, 4.69) is 0 Å². The molecule has 0 saturated carbocycles. The van der Waals surface area contributed by atoms with Crippen molar-refractivity contribution in [2.75, 3.05) is 7.11 Å². The molecule has 1 atom stereocenters. The molecule has 1 N–H and O–H groups in total. The number of carbonyl (C=O) groups is 1. The molecule has 14 heavy (non-hydrogen) atoms. The van der Waals surface area contributed by atoms with Gasteiger partial charge >= 0.3 is 0 Å². The van der Waals surface area contributed by atoms with Gasteiger partial charge in [0.2, 0.25) is 0 Å². The van der Waals surface area contributed by atoms with Gasteiger partial charge in [-0.2, -0.15) is 0 Å². The maximum atomic E-state index is 11.4. The van der Waals surface area contributed by atoms with E-state index in [-0.39, 0.29) is 5.78 Å². The van der Waals surface area contributed by atoms with Crippen LogP contribution in [-0.2, 0) is 0 Å². The molecule has 0 saturated heterocycles. The average Bonchev–Trinajstić information content (AvgIpc) is 2.17. The van der Waals surface area contributed by atoms with E-state index >= 15 is 0 Å². The number of rotatable bonds is 3. The van der Waals surface area contributed by atoms with Crippen LogP contribution >= 0.6 is 11.6 Å². The Morgan fingerprint density at radius 2 is 2.21 bits per heavy atom. The minimum absolute atomic E-state index is 0.347. The van der Waals surface area contributed by atoms with Crippen molar-refractivity contribution in [3.8, 4) is 5.75 Å². The minimum Gasteiger partial charge on any atom is -0.495 e. The van der Waals surface area contributed by atoms with Gasteiger partial charge in [0.05, 0.1) is 12.1 Å². The summed E-state index contributed by atoms with van der Waals surface area (Å²) in [5, 5.41) is 9.52. The SMILES string of the molecule is COc1cc(C(=O)C(C)O)ccc1Cl. The van der Waals surface area contributed by atoms with Crippen molar-refractivity contribution in [3.05, 3.63) is 28.8 Å². The lowest BCUT2D eigenvalue weighted by Gasteiger charge is -2.07. The molecule has 1 aromatic rings. The molecule has 4 heteroatoms. The van der Waals surface area contributed by atoms with Crippen molar-refractivity contribution in [2.45, 2.75) is 13.0 Å². The molecule has 0 aromatic heterocycles. The quantitative estimate of drug-likeness (QED) is 0.782. The zero-order valence-corrected chi connectivity index (χ0v) is 8.71. The van der Waals surface area contributed by atoms with Gasteiger partial charge in [-0.3, -0.25) is 4.79 Å². The Morgan fingerprint density at radius 1 is 1.57 bits per heavy atom. The van der Waals surface area contributed by atoms with Crippen molar-refractivity contribution in [1.29, 1.82) is 0 Å². The highest BCUT2D eigenvalue weighted by Gasteiger charge is 2.13. The first-order valence-corrected chi connectivity index (χ1v) is 4.50. The van der Waals surface area contributed by atoms with Crippen molar-refractivity contribution >= 4 is 17.4 Å². The van der Waals surface area contributed by atoms with E-state index in [1.807, 2.05) is 0 Å². The minimum atomic E-state index is -1.01. The molecule has 0 aliphatic carbocycles. The van der Waals surface area contributed by atoms with Gasteiger partial charge in [-0.15, -0.1) is 0 Å². The number of benzene rings is 1. The first-order chi connectivity index (χ1) is 6.56. The topological polar surface area (TPSA) is 46.5 Å². The predicted octanol–water partition coefficient (Wildman–Crippen LogP) is 1.91. The van der Waals surface area contributed by atoms with E-state index < -0.39 is 6.10 Å². The van der Waals surface area contributed by atoms with Crippen LogP contribution in [0.1, 0.15) is 17.3 Å². The molecule has 0 aliphatic heterocycles. The third kappa shape index (κ3) is 2.25. The molecule has 1 unspecified atom stereocenters. The summed E-state index contributed by atoms with van der Waals surface area (Å²) in [6.07, 6.45) is -1.01. The van der Waals surface area contributed by atoms with Gasteiger partial charge in [-0.1, -0.05) is 11.6 Å². The first kappa shape index (κ1) is 11.0. The van der Waals surface area contributed by atoms with E-state index in [1.54, 1.807) is 12.1 Å². The monoisotopic (exact) mass is 214 g/mol. The molecule has 0 amide bonds. The van der Waals surface area contributed by atoms with Gasteiger partial charge in [0, 0.05) is 5.56 Å². The maximum Gasteiger partial charge on any atom is 0.191 e. The molecule has 0 heterocycles. The number of halogens is 1. The Hall–Kier alpha value is -1.06. The Kier molecular flexibility index (Phi) is 3.49. The summed E-state index contributed by atoms with van der Waals surface area (Å²) in [4.78, 5) is 11.4. The van der Waals surface area contributed by atoms with Crippen LogP contribution in [-0.4, -0.2) is 24.1 Å². The van der Waals surface area contributed by atoms with E-state index in [1.165, 1.54) is 20.1 Å². The zero-order chi connectivity index (χ0) is 10.7. The van der Waals surface area contributed by atoms with E-state index in [4.69, 9.17) is 21.4 Å². The van der Waals surface area contributed by atoms with Gasteiger partial charge < -0.3 is 9.84 Å². The van der Waals surface area contributed by atoms with Gasteiger partial charge in [-0.25, -0.2) is 0 Å². The highest BCUT2D eigenvalue weighted by molar-refractivity contribution is 6.32. The Bertz CT molecular complexity index is 347. The smallest absolute Gasteiger partial charge is 0.191 e. The lowest BCUT2D eigenvalue weighted by atomic mass is 10.1. The largest absolute Gasteiger partial charge is 0.495 e. The molecule has 76 valence electrons. The molecule has 0 fully saturated rings. The number of ether oxygens (including phenoxy) is 1. The summed E-state index contributed by atoms with van der Waals surface area (Å²) in [5.41, 5.74) is 0.390. The summed E-state index contributed by atoms with van der Waals surface area (Å²) in [5.74, 6) is 0.0816. The summed E-state index contributed by atoms with van der Waals surface area (Å²) in [7, 11) is 1.47. The van der Waals surface area contributed by atoms with Crippen LogP contribution in [0.15, 0.2) is 18.2 Å². The molecule has 0 radical (unpaired) electrons. The maximum absolute atomic E-state index is 11.4.